The Morgan fingerprint density at radius 3 is 2.50 bits per heavy atom. The van der Waals surface area contributed by atoms with E-state index in [2.05, 4.69) is 12.2 Å². The summed E-state index contributed by atoms with van der Waals surface area (Å²) in [4.78, 5) is 34.1. The zero-order valence-electron chi connectivity index (χ0n) is 14.9. The minimum Gasteiger partial charge on any atom is -0.451 e. The van der Waals surface area contributed by atoms with Crippen molar-refractivity contribution in [2.45, 2.75) is 26.3 Å². The molecule has 2 rings (SSSR count). The third-order valence-corrected chi connectivity index (χ3v) is 4.01. The number of hydrogen-bond acceptors (Lipinski definition) is 5. The van der Waals surface area contributed by atoms with E-state index in [1.807, 2.05) is 31.2 Å². The number of rotatable bonds is 7. The second kappa shape index (κ2) is 8.28. The SMILES string of the molecule is CCc1ccc(C(C)NC(=O)COC(=O)c2cc([N+](=O)[O-])cn2C)cc1. The molecule has 0 aliphatic heterocycles. The van der Waals surface area contributed by atoms with Crippen molar-refractivity contribution in [2.75, 3.05) is 6.61 Å². The van der Waals surface area contributed by atoms with Crippen LogP contribution in [0.3, 0.4) is 0 Å². The fourth-order valence-electron chi connectivity index (χ4n) is 2.46. The first-order valence-corrected chi connectivity index (χ1v) is 8.18. The van der Waals surface area contributed by atoms with Gasteiger partial charge in [0.2, 0.25) is 0 Å². The molecule has 1 amide bonds. The molecule has 1 aromatic carbocycles. The summed E-state index contributed by atoms with van der Waals surface area (Å²) in [5, 5.41) is 13.5. The topological polar surface area (TPSA) is 103 Å². The molecule has 2 aromatic rings. The maximum absolute atomic E-state index is 12.0. The van der Waals surface area contributed by atoms with E-state index in [1.165, 1.54) is 23.4 Å². The number of nitro groups is 1. The summed E-state index contributed by atoms with van der Waals surface area (Å²) in [5.41, 5.74) is 1.94. The highest BCUT2D eigenvalue weighted by Gasteiger charge is 2.20. The molecule has 0 saturated heterocycles. The highest BCUT2D eigenvalue weighted by Crippen LogP contribution is 2.16. The van der Waals surface area contributed by atoms with Crippen molar-refractivity contribution in [1.29, 1.82) is 0 Å². The number of esters is 1. The van der Waals surface area contributed by atoms with Gasteiger partial charge in [0, 0.05) is 13.1 Å². The minimum atomic E-state index is -0.796. The first kappa shape index (κ1) is 19.2. The van der Waals surface area contributed by atoms with Crippen LogP contribution in [0.2, 0.25) is 0 Å². The van der Waals surface area contributed by atoms with E-state index < -0.39 is 23.4 Å². The summed E-state index contributed by atoms with van der Waals surface area (Å²) in [6.07, 6.45) is 2.15. The molecule has 0 saturated carbocycles. The Labute approximate surface area is 150 Å². The Balaban J connectivity index is 1.89. The molecule has 8 nitrogen and oxygen atoms in total. The van der Waals surface area contributed by atoms with Crippen LogP contribution in [0, 0.1) is 10.1 Å². The number of aryl methyl sites for hydroxylation is 2. The molecule has 0 bridgehead atoms. The molecule has 1 N–H and O–H groups in total. The van der Waals surface area contributed by atoms with Crippen LogP contribution in [0.5, 0.6) is 0 Å². The normalized spacial score (nSPS) is 11.7. The maximum Gasteiger partial charge on any atom is 0.355 e. The van der Waals surface area contributed by atoms with Crippen LogP contribution in [0.15, 0.2) is 36.5 Å². The first-order valence-electron chi connectivity index (χ1n) is 8.18. The van der Waals surface area contributed by atoms with E-state index >= 15 is 0 Å². The maximum atomic E-state index is 12.0. The Bertz CT molecular complexity index is 811. The number of nitrogens with one attached hydrogen (secondary N) is 1. The van der Waals surface area contributed by atoms with Crippen LogP contribution in [0.4, 0.5) is 5.69 Å². The van der Waals surface area contributed by atoms with E-state index in [0.29, 0.717) is 0 Å². The number of hydrogen-bond donors (Lipinski definition) is 1. The average molecular weight is 359 g/mol. The predicted molar refractivity (Wildman–Crippen MR) is 94.7 cm³/mol. The monoisotopic (exact) mass is 359 g/mol. The van der Waals surface area contributed by atoms with Crippen molar-refractivity contribution >= 4 is 17.6 Å². The number of carbonyl (C=O) groups is 2. The van der Waals surface area contributed by atoms with Crippen molar-refractivity contribution in [3.8, 4) is 0 Å². The van der Waals surface area contributed by atoms with Crippen LogP contribution in [0.1, 0.15) is 41.5 Å². The number of aromatic nitrogens is 1. The minimum absolute atomic E-state index is 0.00713. The van der Waals surface area contributed by atoms with E-state index in [1.54, 1.807) is 0 Å². The van der Waals surface area contributed by atoms with Gasteiger partial charge >= 0.3 is 5.97 Å². The van der Waals surface area contributed by atoms with E-state index in [4.69, 9.17) is 4.74 Å². The molecule has 1 aromatic heterocycles. The van der Waals surface area contributed by atoms with Gasteiger partial charge in [0.1, 0.15) is 5.69 Å². The molecule has 8 heteroatoms. The lowest BCUT2D eigenvalue weighted by molar-refractivity contribution is -0.384. The van der Waals surface area contributed by atoms with Gasteiger partial charge in [-0.2, -0.15) is 0 Å². The molecular weight excluding hydrogens is 338 g/mol. The summed E-state index contributed by atoms with van der Waals surface area (Å²) >= 11 is 0. The average Bonchev–Trinajstić information content (AvgIpc) is 3.02. The lowest BCUT2D eigenvalue weighted by Gasteiger charge is -2.15. The molecule has 0 aliphatic rings. The van der Waals surface area contributed by atoms with E-state index in [0.717, 1.165) is 18.1 Å². The Hall–Kier alpha value is -3.16. The van der Waals surface area contributed by atoms with Crippen LogP contribution in [-0.2, 0) is 23.0 Å². The third kappa shape index (κ3) is 4.69. The quantitative estimate of drug-likeness (QED) is 0.465. The van der Waals surface area contributed by atoms with Gasteiger partial charge in [0.15, 0.2) is 6.61 Å². The molecule has 0 spiro atoms. The molecular formula is C18H21N3O5. The van der Waals surface area contributed by atoms with Gasteiger partial charge in [0.05, 0.1) is 17.2 Å². The number of benzene rings is 1. The van der Waals surface area contributed by atoms with Crippen molar-refractivity contribution in [3.05, 3.63) is 63.5 Å². The number of carbonyl (C=O) groups excluding carboxylic acids is 2. The van der Waals surface area contributed by atoms with E-state index in [9.17, 15) is 19.7 Å². The van der Waals surface area contributed by atoms with E-state index in [-0.39, 0.29) is 17.4 Å². The molecule has 1 unspecified atom stereocenters. The third-order valence-electron chi connectivity index (χ3n) is 4.01. The van der Waals surface area contributed by atoms with Crippen molar-refractivity contribution in [1.82, 2.24) is 9.88 Å². The van der Waals surface area contributed by atoms with Gasteiger partial charge in [-0.3, -0.25) is 14.9 Å². The second-order valence-corrected chi connectivity index (χ2v) is 5.91. The Morgan fingerprint density at radius 2 is 1.96 bits per heavy atom. The van der Waals surface area contributed by atoms with Crippen LogP contribution < -0.4 is 5.32 Å². The molecule has 138 valence electrons. The van der Waals surface area contributed by atoms with Gasteiger partial charge in [-0.05, 0) is 24.5 Å². The van der Waals surface area contributed by atoms with Crippen LogP contribution in [-0.4, -0.2) is 28.0 Å². The molecule has 1 atom stereocenters. The number of amides is 1. The van der Waals surface area contributed by atoms with Gasteiger partial charge in [-0.25, -0.2) is 4.79 Å². The zero-order valence-corrected chi connectivity index (χ0v) is 14.9. The van der Waals surface area contributed by atoms with Crippen LogP contribution >= 0.6 is 0 Å². The largest absolute Gasteiger partial charge is 0.451 e. The lowest BCUT2D eigenvalue weighted by atomic mass is 10.1. The Kier molecular flexibility index (Phi) is 6.11. The lowest BCUT2D eigenvalue weighted by Crippen LogP contribution is -2.31. The van der Waals surface area contributed by atoms with Gasteiger partial charge in [0.25, 0.3) is 11.6 Å². The van der Waals surface area contributed by atoms with Gasteiger partial charge in [-0.1, -0.05) is 31.2 Å². The molecule has 1 heterocycles. The number of nitrogens with zero attached hydrogens (tertiary/aromatic N) is 2. The fourth-order valence-corrected chi connectivity index (χ4v) is 2.46. The van der Waals surface area contributed by atoms with Gasteiger partial charge in [-0.15, -0.1) is 0 Å². The summed E-state index contributed by atoms with van der Waals surface area (Å²) in [6.45, 7) is 3.44. The summed E-state index contributed by atoms with van der Waals surface area (Å²) in [6, 6.07) is 8.76. The summed E-state index contributed by atoms with van der Waals surface area (Å²) in [7, 11) is 1.49. The highest BCUT2D eigenvalue weighted by atomic mass is 16.6. The van der Waals surface area contributed by atoms with Gasteiger partial charge < -0.3 is 14.6 Å². The van der Waals surface area contributed by atoms with Crippen molar-refractivity contribution in [2.24, 2.45) is 7.05 Å². The summed E-state index contributed by atoms with van der Waals surface area (Å²) < 4.78 is 6.23. The molecule has 0 fully saturated rings. The molecule has 0 radical (unpaired) electrons. The van der Waals surface area contributed by atoms with Crippen molar-refractivity contribution < 1.29 is 19.2 Å². The zero-order chi connectivity index (χ0) is 19.3. The van der Waals surface area contributed by atoms with Crippen LogP contribution in [0.25, 0.3) is 0 Å². The highest BCUT2D eigenvalue weighted by molar-refractivity contribution is 5.90. The standard InChI is InChI=1S/C18H21N3O5/c1-4-13-5-7-14(8-6-13)12(2)19-17(22)11-26-18(23)16-9-15(21(24)25)10-20(16)3/h5-10,12H,4,11H2,1-3H3,(H,19,22). The fraction of sp³-hybridized carbons (Fsp3) is 0.333. The molecule has 26 heavy (non-hydrogen) atoms. The molecule has 0 aliphatic carbocycles. The number of ether oxygens (including phenoxy) is 1. The Morgan fingerprint density at radius 1 is 1.31 bits per heavy atom. The first-order chi connectivity index (χ1) is 12.3. The summed E-state index contributed by atoms with van der Waals surface area (Å²) in [5.74, 6) is -1.25. The smallest absolute Gasteiger partial charge is 0.355 e. The van der Waals surface area contributed by atoms with Crippen molar-refractivity contribution in [3.63, 3.8) is 0 Å². The second-order valence-electron chi connectivity index (χ2n) is 5.91. The predicted octanol–water partition coefficient (Wildman–Crippen LogP) is 2.53.